The molecule has 1 aromatic heterocycles. The second-order valence-electron chi connectivity index (χ2n) is 6.75. The molecule has 6 heteroatoms. The summed E-state index contributed by atoms with van der Waals surface area (Å²) in [4.78, 5) is 18.7. The number of aromatic nitrogens is 1. The summed E-state index contributed by atoms with van der Waals surface area (Å²) in [6.07, 6.45) is 0.760. The van der Waals surface area contributed by atoms with Crippen LogP contribution in [0.2, 0.25) is 0 Å². The number of H-pyrrole nitrogens is 1. The average Bonchev–Trinajstić information content (AvgIpc) is 2.69. The highest BCUT2D eigenvalue weighted by molar-refractivity contribution is 5.83. The van der Waals surface area contributed by atoms with E-state index in [0.29, 0.717) is 30.0 Å². The molecule has 0 spiro atoms. The number of benzene rings is 2. The van der Waals surface area contributed by atoms with Crippen LogP contribution in [0.5, 0.6) is 11.5 Å². The minimum Gasteiger partial charge on any atom is -0.493 e. The van der Waals surface area contributed by atoms with E-state index in [0.717, 1.165) is 35.3 Å². The molecule has 0 bridgehead atoms. The fourth-order valence-electron chi connectivity index (χ4n) is 3.64. The second-order valence-corrected chi connectivity index (χ2v) is 6.75. The van der Waals surface area contributed by atoms with Gasteiger partial charge >= 0.3 is 0 Å². The SMILES string of the molecule is COc1cc2[nH]c3c(c(=O)c2cc1OC)CN(Cc1ccc(F)cc1)CC3. The third-order valence-electron chi connectivity index (χ3n) is 5.07. The maximum atomic E-state index is 13.1. The van der Waals surface area contributed by atoms with Crippen molar-refractivity contribution in [2.24, 2.45) is 0 Å². The van der Waals surface area contributed by atoms with E-state index < -0.39 is 0 Å². The molecule has 140 valence electrons. The van der Waals surface area contributed by atoms with Gasteiger partial charge < -0.3 is 14.5 Å². The molecule has 1 aliphatic heterocycles. The fourth-order valence-corrected chi connectivity index (χ4v) is 3.64. The summed E-state index contributed by atoms with van der Waals surface area (Å²) in [5.41, 5.74) is 3.55. The molecule has 0 aliphatic carbocycles. The number of methoxy groups -OCH3 is 2. The van der Waals surface area contributed by atoms with Gasteiger partial charge in [0, 0.05) is 48.8 Å². The molecule has 0 saturated carbocycles. The van der Waals surface area contributed by atoms with Crippen LogP contribution in [-0.4, -0.2) is 30.6 Å². The number of halogens is 1. The monoisotopic (exact) mass is 368 g/mol. The van der Waals surface area contributed by atoms with Crippen LogP contribution >= 0.6 is 0 Å². The van der Waals surface area contributed by atoms with Crippen LogP contribution < -0.4 is 14.9 Å². The van der Waals surface area contributed by atoms with Crippen molar-refractivity contribution >= 4 is 10.9 Å². The van der Waals surface area contributed by atoms with Gasteiger partial charge in [-0.2, -0.15) is 0 Å². The van der Waals surface area contributed by atoms with Gasteiger partial charge in [-0.25, -0.2) is 4.39 Å². The van der Waals surface area contributed by atoms with Gasteiger partial charge in [-0.3, -0.25) is 9.69 Å². The van der Waals surface area contributed by atoms with E-state index in [1.807, 2.05) is 0 Å². The van der Waals surface area contributed by atoms with E-state index in [4.69, 9.17) is 9.47 Å². The molecule has 0 radical (unpaired) electrons. The van der Waals surface area contributed by atoms with E-state index in [2.05, 4.69) is 9.88 Å². The minimum atomic E-state index is -0.241. The number of hydrogen-bond acceptors (Lipinski definition) is 4. The molecule has 3 aromatic rings. The zero-order valence-electron chi connectivity index (χ0n) is 15.3. The fraction of sp³-hybridized carbons (Fsp3) is 0.286. The largest absolute Gasteiger partial charge is 0.493 e. The van der Waals surface area contributed by atoms with Gasteiger partial charge in [0.15, 0.2) is 16.9 Å². The molecule has 2 aromatic carbocycles. The Hall–Kier alpha value is -2.86. The molecule has 0 fully saturated rings. The van der Waals surface area contributed by atoms with Gasteiger partial charge in [0.05, 0.1) is 19.7 Å². The molecular formula is C21H21FN2O3. The highest BCUT2D eigenvalue weighted by Gasteiger charge is 2.22. The first-order valence-electron chi connectivity index (χ1n) is 8.85. The lowest BCUT2D eigenvalue weighted by Gasteiger charge is -2.28. The quantitative estimate of drug-likeness (QED) is 0.768. The normalized spacial score (nSPS) is 14.2. The van der Waals surface area contributed by atoms with Crippen LogP contribution in [0.4, 0.5) is 4.39 Å². The van der Waals surface area contributed by atoms with Crippen molar-refractivity contribution < 1.29 is 13.9 Å². The highest BCUT2D eigenvalue weighted by Crippen LogP contribution is 2.31. The Kier molecular flexibility index (Phi) is 4.58. The number of nitrogens with zero attached hydrogens (tertiary/aromatic N) is 1. The van der Waals surface area contributed by atoms with Gasteiger partial charge in [0.2, 0.25) is 0 Å². The Labute approximate surface area is 156 Å². The minimum absolute atomic E-state index is 0.0171. The summed E-state index contributed by atoms with van der Waals surface area (Å²) in [5, 5.41) is 0.593. The zero-order valence-corrected chi connectivity index (χ0v) is 15.3. The smallest absolute Gasteiger partial charge is 0.194 e. The molecule has 0 unspecified atom stereocenters. The van der Waals surface area contributed by atoms with Crippen molar-refractivity contribution in [1.82, 2.24) is 9.88 Å². The second kappa shape index (κ2) is 7.04. The maximum Gasteiger partial charge on any atom is 0.194 e. The lowest BCUT2D eigenvalue weighted by atomic mass is 10.0. The first-order chi connectivity index (χ1) is 13.1. The number of pyridine rings is 1. The van der Waals surface area contributed by atoms with Gasteiger partial charge in [0.25, 0.3) is 0 Å². The number of hydrogen-bond donors (Lipinski definition) is 1. The average molecular weight is 368 g/mol. The molecule has 1 aliphatic rings. The Bertz CT molecular complexity index is 1040. The molecule has 5 nitrogen and oxygen atoms in total. The van der Waals surface area contributed by atoms with Crippen molar-refractivity contribution in [1.29, 1.82) is 0 Å². The Morgan fingerprint density at radius 1 is 1.11 bits per heavy atom. The van der Waals surface area contributed by atoms with Crippen molar-refractivity contribution in [3.63, 3.8) is 0 Å². The molecular weight excluding hydrogens is 347 g/mol. The van der Waals surface area contributed by atoms with Crippen molar-refractivity contribution in [2.75, 3.05) is 20.8 Å². The number of aromatic amines is 1. The van der Waals surface area contributed by atoms with Gasteiger partial charge in [-0.05, 0) is 23.8 Å². The van der Waals surface area contributed by atoms with Gasteiger partial charge in [0.1, 0.15) is 5.82 Å². The van der Waals surface area contributed by atoms with Crippen LogP contribution in [0.3, 0.4) is 0 Å². The predicted molar refractivity (Wildman–Crippen MR) is 102 cm³/mol. The number of rotatable bonds is 4. The zero-order chi connectivity index (χ0) is 19.0. The van der Waals surface area contributed by atoms with E-state index >= 15 is 0 Å². The molecule has 4 rings (SSSR count). The van der Waals surface area contributed by atoms with E-state index in [1.54, 1.807) is 38.5 Å². The first-order valence-corrected chi connectivity index (χ1v) is 8.85. The third kappa shape index (κ3) is 3.28. The van der Waals surface area contributed by atoms with E-state index in [9.17, 15) is 9.18 Å². The topological polar surface area (TPSA) is 54.6 Å². The first kappa shape index (κ1) is 17.5. The molecule has 1 N–H and O–H groups in total. The Morgan fingerprint density at radius 2 is 1.81 bits per heavy atom. The van der Waals surface area contributed by atoms with Crippen LogP contribution in [-0.2, 0) is 19.5 Å². The predicted octanol–water partition coefficient (Wildman–Crippen LogP) is 3.24. The summed E-state index contributed by atoms with van der Waals surface area (Å²) in [6.45, 7) is 2.08. The van der Waals surface area contributed by atoms with Crippen molar-refractivity contribution in [3.05, 3.63) is 69.3 Å². The lowest BCUT2D eigenvalue weighted by molar-refractivity contribution is 0.243. The Morgan fingerprint density at radius 3 is 2.52 bits per heavy atom. The van der Waals surface area contributed by atoms with Crippen LogP contribution in [0, 0.1) is 5.82 Å². The summed E-state index contributed by atoms with van der Waals surface area (Å²) in [7, 11) is 3.13. The van der Waals surface area contributed by atoms with Crippen LogP contribution in [0.25, 0.3) is 10.9 Å². The highest BCUT2D eigenvalue weighted by atomic mass is 19.1. The van der Waals surface area contributed by atoms with Crippen molar-refractivity contribution in [3.8, 4) is 11.5 Å². The van der Waals surface area contributed by atoms with Crippen LogP contribution in [0.15, 0.2) is 41.2 Å². The molecule has 0 saturated heterocycles. The molecule has 2 heterocycles. The van der Waals surface area contributed by atoms with Crippen molar-refractivity contribution in [2.45, 2.75) is 19.5 Å². The summed E-state index contributed by atoms with van der Waals surface area (Å²) in [5.74, 6) is 0.888. The van der Waals surface area contributed by atoms with E-state index in [-0.39, 0.29) is 11.2 Å². The van der Waals surface area contributed by atoms with Gasteiger partial charge in [-0.1, -0.05) is 12.1 Å². The summed E-state index contributed by atoms with van der Waals surface area (Å²) >= 11 is 0. The summed E-state index contributed by atoms with van der Waals surface area (Å²) in [6, 6.07) is 10.0. The third-order valence-corrected chi connectivity index (χ3v) is 5.07. The number of nitrogens with one attached hydrogen (secondary N) is 1. The number of fused-ring (bicyclic) bond motifs is 2. The molecule has 0 atom stereocenters. The molecule has 27 heavy (non-hydrogen) atoms. The summed E-state index contributed by atoms with van der Waals surface area (Å²) < 4.78 is 23.8. The maximum absolute atomic E-state index is 13.1. The van der Waals surface area contributed by atoms with Crippen LogP contribution in [0.1, 0.15) is 16.8 Å². The Balaban J connectivity index is 1.69. The van der Waals surface area contributed by atoms with Gasteiger partial charge in [-0.15, -0.1) is 0 Å². The standard InChI is InChI=1S/C21H21FN2O3/c1-26-19-9-15-18(10-20(19)27-2)23-17-7-8-24(12-16(17)21(15)25)11-13-3-5-14(22)6-4-13/h3-6,9-10H,7-8,11-12H2,1-2H3,(H,23,25). The van der Waals surface area contributed by atoms with E-state index in [1.165, 1.54) is 12.1 Å². The lowest BCUT2D eigenvalue weighted by Crippen LogP contribution is -2.34. The molecule has 0 amide bonds. The number of ether oxygens (including phenoxy) is 2.